The number of aliphatic hydroxyl groups is 3. The van der Waals surface area contributed by atoms with E-state index in [1.807, 2.05) is 36.6 Å². The summed E-state index contributed by atoms with van der Waals surface area (Å²) in [5.41, 5.74) is 8.66. The Kier molecular flexibility index (Phi) is 19.3. The van der Waals surface area contributed by atoms with Crippen LogP contribution in [0.2, 0.25) is 0 Å². The molecule has 0 spiro atoms. The molecule has 3 aromatic rings. The number of carbonyl (C=O) groups excluding carboxylic acids is 2. The van der Waals surface area contributed by atoms with Gasteiger partial charge in [-0.25, -0.2) is 11.5 Å². The molecule has 0 saturated heterocycles. The van der Waals surface area contributed by atoms with Gasteiger partial charge < -0.3 is 41.7 Å². The Balaban J connectivity index is 0.000000179. The minimum absolute atomic E-state index is 0. The molecule has 0 aliphatic heterocycles. The second kappa shape index (κ2) is 24.1. The second-order valence-corrected chi connectivity index (χ2v) is 25.1. The molecule has 0 unspecified atom stereocenters. The van der Waals surface area contributed by atoms with Crippen LogP contribution in [-0.2, 0) is 69.7 Å². The van der Waals surface area contributed by atoms with E-state index >= 15 is 0 Å². The Morgan fingerprint density at radius 2 is 0.907 bits per heavy atom. The van der Waals surface area contributed by atoms with Gasteiger partial charge in [-0.3, -0.25) is 9.59 Å². The zero-order valence-corrected chi connectivity index (χ0v) is 64.1. The van der Waals surface area contributed by atoms with Crippen molar-refractivity contribution in [3.63, 3.8) is 0 Å². The summed E-state index contributed by atoms with van der Waals surface area (Å²) in [4.78, 5) is 33.4. The third kappa shape index (κ3) is 11.1. The van der Waals surface area contributed by atoms with E-state index in [0.29, 0.717) is 76.5 Å². The van der Waals surface area contributed by atoms with E-state index in [9.17, 15) is 34.9 Å². The van der Waals surface area contributed by atoms with Crippen molar-refractivity contribution in [2.45, 2.75) is 172 Å². The summed E-state index contributed by atoms with van der Waals surface area (Å²) in [7, 11) is 0. The Labute approximate surface area is 469 Å². The van der Waals surface area contributed by atoms with E-state index in [4.69, 9.17) is 9.47 Å². The number of esters is 2. The molecular formula is C59H75NO9Re2Rf2S2-2. The van der Waals surface area contributed by atoms with Gasteiger partial charge in [-0.15, -0.1) is 16.9 Å². The van der Waals surface area contributed by atoms with Crippen LogP contribution in [-0.4, -0.2) is 56.9 Å². The minimum atomic E-state index is -0.573. The fourth-order valence-electron chi connectivity index (χ4n) is 17.2. The summed E-state index contributed by atoms with van der Waals surface area (Å²) in [6.45, 7) is 6.91. The summed E-state index contributed by atoms with van der Waals surface area (Å²) < 4.78 is 13.2. The number of benzene rings is 3. The molecule has 0 bridgehead atoms. The predicted octanol–water partition coefficient (Wildman–Crippen LogP) is 12.3. The molecule has 0 heterocycles. The molecule has 402 valence electrons. The van der Waals surface area contributed by atoms with Crippen LogP contribution < -0.4 is 9.47 Å². The number of phenols is 1. The molecule has 2 radical (unpaired) electrons. The number of aryl methyl sites for hydroxylation is 3. The Hall–Kier alpha value is -4.36. The molecule has 6 fully saturated rings. The molecule has 75 heavy (non-hydrogen) atoms. The molecule has 3 aromatic carbocycles. The first kappa shape index (κ1) is 59.9. The van der Waals surface area contributed by atoms with Crippen LogP contribution in [0.5, 0.6) is 17.2 Å². The van der Waals surface area contributed by atoms with E-state index in [1.165, 1.54) is 89.4 Å². The SMILES string of the molecule is CS[CH-]C(=O)Oc1ccc2c(c1)CC[C@@H]1[C@@H]2CC[C@]2(C)[C@@H](O)CC[C@@H]12.C[C@]12CC[C@@H]3c4ccc(O)cc4CC[C@H]3[C@@H]1CC[C@@H]2O.C[C@]12CC[C@@H]3c4ccc(OC(=O)[CH-]SN=O)cc4CC[C@H]3[C@@H]1CC[C@@H]2O.[Re].[Re].[Rf].[Rf]. The number of thioether (sulfide) groups is 1. The molecule has 9 aliphatic rings. The zero-order chi connectivity index (χ0) is 49.8. The third-order valence-corrected chi connectivity index (χ3v) is 21.6. The van der Waals surface area contributed by atoms with Gasteiger partial charge in [0.25, 0.3) is 0 Å². The topological polar surface area (TPSA) is 163 Å². The van der Waals surface area contributed by atoms with E-state index in [1.54, 1.807) is 0 Å². The fourth-order valence-corrected chi connectivity index (χ4v) is 17.6. The van der Waals surface area contributed by atoms with Gasteiger partial charge >= 0.3 is 0 Å². The second-order valence-electron chi connectivity index (χ2n) is 23.8. The van der Waals surface area contributed by atoms with E-state index in [2.05, 4.69) is 49.6 Å². The molecule has 10 nitrogen and oxygen atoms in total. The van der Waals surface area contributed by atoms with Gasteiger partial charge in [0.15, 0.2) is 11.9 Å². The number of nitroso groups, excluding NO2 is 1. The quantitative estimate of drug-likeness (QED) is 0.0585. The zero-order valence-electron chi connectivity index (χ0n) is 44.3. The van der Waals surface area contributed by atoms with Crippen molar-refractivity contribution in [1.29, 1.82) is 0 Å². The maximum absolute atomic E-state index is 11.7. The molecule has 0 amide bonds. The number of fused-ring (bicyclic) bond motifs is 15. The normalized spacial score (nSPS) is 35.6. The first-order chi connectivity index (χ1) is 34.1. The number of phenolic OH excluding ortho intramolecular Hbond substituents is 1. The smallest absolute Gasteiger partial charge is 0.186 e. The predicted molar refractivity (Wildman–Crippen MR) is 280 cm³/mol. The van der Waals surface area contributed by atoms with Crippen molar-refractivity contribution in [2.24, 2.45) is 56.3 Å². The number of hydrogen-bond acceptors (Lipinski definition) is 12. The largest absolute Gasteiger partial charge is 0.508 e. The van der Waals surface area contributed by atoms with Crippen LogP contribution in [0.25, 0.3) is 0 Å². The van der Waals surface area contributed by atoms with Crippen molar-refractivity contribution in [1.82, 2.24) is 0 Å². The van der Waals surface area contributed by atoms with Gasteiger partial charge in [0.2, 0.25) is 0 Å². The molecule has 9 aliphatic carbocycles. The number of rotatable bonds is 7. The van der Waals surface area contributed by atoms with Crippen molar-refractivity contribution in [3.8, 4) is 17.2 Å². The molecule has 0 aromatic heterocycles. The maximum atomic E-state index is 11.7. The molecule has 12 rings (SSSR count). The van der Waals surface area contributed by atoms with Crippen LogP contribution in [0, 0.1) is 68.2 Å². The van der Waals surface area contributed by atoms with Crippen LogP contribution in [0.1, 0.15) is 168 Å². The molecular weight excluding hydrogens is 1840 g/mol. The van der Waals surface area contributed by atoms with Crippen LogP contribution in [0.4, 0.5) is 0 Å². The van der Waals surface area contributed by atoms with Gasteiger partial charge in [-0.05, 0) is 266 Å². The first-order valence-corrected chi connectivity index (χ1v) is 29.0. The van der Waals surface area contributed by atoms with Crippen LogP contribution in [0.3, 0.4) is 0 Å². The fraction of sp³-hybridized carbons (Fsp3) is 0.627. The number of aliphatic hydroxyl groups excluding tert-OH is 3. The molecule has 16 heteroatoms. The monoisotopic (exact) mass is 1910 g/mol. The number of nitrogens with zero attached hydrogens (tertiary/aromatic N) is 1. The molecule has 15 atom stereocenters. The maximum Gasteiger partial charge on any atom is 0.186 e. The average molecular weight is 1910 g/mol. The number of aromatic hydroxyl groups is 1. The van der Waals surface area contributed by atoms with Crippen molar-refractivity contribution < 1.29 is 80.3 Å². The van der Waals surface area contributed by atoms with Gasteiger partial charge in [-0.1, -0.05) is 39.0 Å². The van der Waals surface area contributed by atoms with Crippen molar-refractivity contribution in [2.75, 3.05) is 6.26 Å². The third-order valence-electron chi connectivity index (χ3n) is 20.8. The number of ether oxygens (including phenoxy) is 2. The minimum Gasteiger partial charge on any atom is -0.508 e. The summed E-state index contributed by atoms with van der Waals surface area (Å²) in [5, 5.41) is 41.0. The summed E-state index contributed by atoms with van der Waals surface area (Å²) >= 11 is 1.90. The van der Waals surface area contributed by atoms with E-state index < -0.39 is 5.97 Å². The number of hydrogen-bond donors (Lipinski definition) is 4. The van der Waals surface area contributed by atoms with E-state index in [0.717, 1.165) is 88.7 Å². The van der Waals surface area contributed by atoms with Crippen molar-refractivity contribution >= 4 is 35.6 Å². The van der Waals surface area contributed by atoms with Crippen molar-refractivity contribution in [3.05, 3.63) is 104 Å². The Morgan fingerprint density at radius 1 is 0.547 bits per heavy atom. The summed E-state index contributed by atoms with van der Waals surface area (Å²) in [6.07, 6.45) is 21.5. The average Bonchev–Trinajstić information content (AvgIpc) is 3.97. The van der Waals surface area contributed by atoms with Gasteiger partial charge in [-0.2, -0.15) is 0 Å². The Bertz CT molecular complexity index is 2490. The van der Waals surface area contributed by atoms with Gasteiger partial charge in [0.1, 0.15) is 17.2 Å². The van der Waals surface area contributed by atoms with Crippen LogP contribution >= 0.6 is 23.7 Å². The number of carbonyl (C=O) groups is 2. The molecule has 6 saturated carbocycles. The van der Waals surface area contributed by atoms with Crippen LogP contribution in [0.15, 0.2) is 59.2 Å². The summed E-state index contributed by atoms with van der Waals surface area (Å²) in [5.74, 6) is 9.12. The first-order valence-electron chi connectivity index (χ1n) is 26.9. The molecule has 4 N–H and O–H groups in total. The van der Waals surface area contributed by atoms with Gasteiger partial charge in [0.05, 0.1) is 18.3 Å². The van der Waals surface area contributed by atoms with E-state index in [-0.39, 0.29) is 81.4 Å². The standard InChI is InChI=1S/C21H27O3S.C20H24NO4S.C18H24O2.2Re.2Rf/c1-21-10-9-16-15-6-4-14(24-20(23)12-25-2)11-13(15)3-5-17(16)18(21)7-8-19(21)22;1-20-9-8-15-14-5-3-13(25-19(23)11-26-21-24)10-12(14)2-4-16(15)17(20)6-7-18(20)22;1-18-9-8-14-13-5-3-12(19)10-11(13)2-4-15(14)16(18)6-7-17(18)20;;;;/h4,6,11-12,16-19,22H,3,5,7-10H2,1-2H3;3,5,10-11,15-18,22H,2,4,6-9H2,1H3;3,5,10,14-17,19-20H,2,4,6-9H2,1H3;;;;/q2*-1;;;;;/t16-,17-,18+,19+,21+;15-,16-,17+,18+,20+;14-,15-,16+,17+,18+;;;;/m111..../s1. The summed E-state index contributed by atoms with van der Waals surface area (Å²) in [6, 6.07) is 18.1. The Morgan fingerprint density at radius 3 is 1.28 bits per heavy atom. The van der Waals surface area contributed by atoms with Gasteiger partial charge in [0, 0.05) is 40.8 Å².